The van der Waals surface area contributed by atoms with E-state index in [-0.39, 0.29) is 11.7 Å². The fourth-order valence-corrected chi connectivity index (χ4v) is 0.771. The molecule has 0 saturated carbocycles. The second-order valence-electron chi connectivity index (χ2n) is 2.65. The Labute approximate surface area is 79.2 Å². The van der Waals surface area contributed by atoms with Crippen molar-refractivity contribution in [2.45, 2.75) is 0 Å². The predicted octanol–water partition coefficient (Wildman–Crippen LogP) is -1.29. The van der Waals surface area contributed by atoms with Gasteiger partial charge in [0, 0.05) is 21.1 Å². The molecule has 0 spiro atoms. The summed E-state index contributed by atoms with van der Waals surface area (Å²) in [5.74, 6) is -0.369. The zero-order chi connectivity index (χ0) is 10.7. The Kier molecular flexibility index (Phi) is 2.70. The van der Waals surface area contributed by atoms with Gasteiger partial charge in [-0.3, -0.25) is 0 Å². The largest absolute Gasteiger partial charge is 0.434 e. The molecule has 0 N–H and O–H groups in total. The van der Waals surface area contributed by atoms with Crippen molar-refractivity contribution in [2.24, 2.45) is 12.1 Å². The third-order valence-electron chi connectivity index (χ3n) is 1.29. The van der Waals surface area contributed by atoms with Crippen LogP contribution < -0.4 is 0 Å². The van der Waals surface area contributed by atoms with Gasteiger partial charge in [-0.15, -0.1) is 0 Å². The minimum absolute atomic E-state index is 0.0173. The molecule has 0 bridgehead atoms. The molecule has 76 valence electrons. The van der Waals surface area contributed by atoms with E-state index in [1.807, 2.05) is 0 Å². The van der Waals surface area contributed by atoms with Crippen molar-refractivity contribution < 1.29 is 4.92 Å². The van der Waals surface area contributed by atoms with Gasteiger partial charge in [0.2, 0.25) is 0 Å². The SMILES string of the molecule is CN(C)N=C(c1nnnn1C)[N+](=O)[O-]. The monoisotopic (exact) mass is 199 g/mol. The van der Waals surface area contributed by atoms with Crippen molar-refractivity contribution in [1.82, 2.24) is 25.2 Å². The van der Waals surface area contributed by atoms with E-state index in [1.54, 1.807) is 14.1 Å². The molecule has 14 heavy (non-hydrogen) atoms. The molecular formula is C5H9N7O2. The Morgan fingerprint density at radius 2 is 2.29 bits per heavy atom. The molecule has 1 heterocycles. The summed E-state index contributed by atoms with van der Waals surface area (Å²) in [4.78, 5) is 9.99. The molecule has 1 rings (SSSR count). The van der Waals surface area contributed by atoms with Gasteiger partial charge in [-0.2, -0.15) is 0 Å². The van der Waals surface area contributed by atoms with Crippen molar-refractivity contribution in [3.8, 4) is 0 Å². The van der Waals surface area contributed by atoms with Crippen LogP contribution in [0.15, 0.2) is 5.10 Å². The van der Waals surface area contributed by atoms with E-state index >= 15 is 0 Å². The van der Waals surface area contributed by atoms with Gasteiger partial charge in [-0.1, -0.05) is 5.10 Å². The van der Waals surface area contributed by atoms with Crippen molar-refractivity contribution in [3.05, 3.63) is 15.9 Å². The smallest absolute Gasteiger partial charge is 0.358 e. The number of amidine groups is 1. The normalized spacial score (nSPS) is 11.5. The third-order valence-corrected chi connectivity index (χ3v) is 1.29. The quantitative estimate of drug-likeness (QED) is 0.254. The number of hydrogen-bond donors (Lipinski definition) is 0. The zero-order valence-corrected chi connectivity index (χ0v) is 7.95. The van der Waals surface area contributed by atoms with E-state index in [4.69, 9.17) is 0 Å². The van der Waals surface area contributed by atoms with Crippen molar-refractivity contribution in [3.63, 3.8) is 0 Å². The second-order valence-corrected chi connectivity index (χ2v) is 2.65. The van der Waals surface area contributed by atoms with Crippen LogP contribution in [0.4, 0.5) is 0 Å². The van der Waals surface area contributed by atoms with Gasteiger partial charge < -0.3 is 10.1 Å². The lowest BCUT2D eigenvalue weighted by molar-refractivity contribution is -0.350. The summed E-state index contributed by atoms with van der Waals surface area (Å²) in [5, 5.41) is 25.9. The van der Waals surface area contributed by atoms with Crippen molar-refractivity contribution in [1.29, 1.82) is 0 Å². The van der Waals surface area contributed by atoms with Crippen LogP contribution in [0.3, 0.4) is 0 Å². The molecule has 0 aliphatic heterocycles. The molecule has 0 saturated heterocycles. The molecule has 0 amide bonds. The summed E-state index contributed by atoms with van der Waals surface area (Å²) in [6.07, 6.45) is 0. The number of nitro groups is 1. The standard InChI is InChI=1S/C5H9N7O2/c1-10(2)7-5(12(13)14)4-6-8-9-11(4)3/h1-3H3. The summed E-state index contributed by atoms with van der Waals surface area (Å²) in [7, 11) is 4.66. The average Bonchev–Trinajstić information content (AvgIpc) is 2.46. The first kappa shape index (κ1) is 10.0. The van der Waals surface area contributed by atoms with E-state index in [1.165, 1.54) is 16.7 Å². The molecule has 0 aliphatic carbocycles. The summed E-state index contributed by atoms with van der Waals surface area (Å²) in [6, 6.07) is 0. The van der Waals surface area contributed by atoms with Gasteiger partial charge in [-0.05, 0) is 15.4 Å². The molecule has 0 fully saturated rings. The number of nitrogens with zero attached hydrogens (tertiary/aromatic N) is 7. The maximum absolute atomic E-state index is 10.6. The zero-order valence-electron chi connectivity index (χ0n) is 7.95. The molecule has 0 unspecified atom stereocenters. The molecule has 9 nitrogen and oxygen atoms in total. The number of hydrogen-bond acceptors (Lipinski definition) is 7. The van der Waals surface area contributed by atoms with Crippen LogP contribution in [-0.2, 0) is 7.05 Å². The summed E-state index contributed by atoms with van der Waals surface area (Å²) >= 11 is 0. The van der Waals surface area contributed by atoms with Gasteiger partial charge >= 0.3 is 5.84 Å². The van der Waals surface area contributed by atoms with Crippen LogP contribution >= 0.6 is 0 Å². The second kappa shape index (κ2) is 3.77. The highest BCUT2D eigenvalue weighted by Gasteiger charge is 2.23. The first-order valence-electron chi connectivity index (χ1n) is 3.65. The Morgan fingerprint density at radius 3 is 2.64 bits per heavy atom. The molecule has 0 atom stereocenters. The van der Waals surface area contributed by atoms with Gasteiger partial charge in [-0.25, -0.2) is 9.69 Å². The minimum Gasteiger partial charge on any atom is -0.358 e. The highest BCUT2D eigenvalue weighted by Crippen LogP contribution is 1.95. The van der Waals surface area contributed by atoms with Crippen molar-refractivity contribution in [2.75, 3.05) is 14.1 Å². The maximum atomic E-state index is 10.6. The number of tetrazole rings is 1. The van der Waals surface area contributed by atoms with Gasteiger partial charge in [0.15, 0.2) is 0 Å². The van der Waals surface area contributed by atoms with Crippen LogP contribution in [0, 0.1) is 10.1 Å². The fourth-order valence-electron chi connectivity index (χ4n) is 0.771. The lowest BCUT2D eigenvalue weighted by Crippen LogP contribution is -2.22. The fraction of sp³-hybridized carbons (Fsp3) is 0.600. The third kappa shape index (κ3) is 2.00. The van der Waals surface area contributed by atoms with Crippen LogP contribution in [-0.4, -0.2) is 50.1 Å². The number of rotatable bonds is 2. The first-order chi connectivity index (χ1) is 6.52. The Morgan fingerprint density at radius 1 is 1.64 bits per heavy atom. The van der Waals surface area contributed by atoms with Crippen LogP contribution in [0.1, 0.15) is 5.82 Å². The molecule has 0 aromatic carbocycles. The molecule has 0 radical (unpaired) electrons. The van der Waals surface area contributed by atoms with Crippen LogP contribution in [0.2, 0.25) is 0 Å². The van der Waals surface area contributed by atoms with Crippen molar-refractivity contribution >= 4 is 5.84 Å². The summed E-state index contributed by atoms with van der Waals surface area (Å²) in [6.45, 7) is 0. The molecule has 0 aliphatic rings. The maximum Gasteiger partial charge on any atom is 0.434 e. The Bertz CT molecular complexity index is 368. The van der Waals surface area contributed by atoms with Gasteiger partial charge in [0.05, 0.1) is 5.10 Å². The number of aromatic nitrogens is 4. The number of aryl methyl sites for hydroxylation is 1. The molecule has 1 aromatic rings. The van der Waals surface area contributed by atoms with Gasteiger partial charge in [0.25, 0.3) is 5.82 Å². The lowest BCUT2D eigenvalue weighted by Gasteiger charge is -1.99. The molecular weight excluding hydrogens is 190 g/mol. The van der Waals surface area contributed by atoms with E-state index in [0.29, 0.717) is 0 Å². The van der Waals surface area contributed by atoms with E-state index in [2.05, 4.69) is 20.6 Å². The van der Waals surface area contributed by atoms with Crippen LogP contribution in [0.25, 0.3) is 0 Å². The highest BCUT2D eigenvalue weighted by atomic mass is 16.6. The van der Waals surface area contributed by atoms with E-state index in [9.17, 15) is 10.1 Å². The lowest BCUT2D eigenvalue weighted by atomic mass is 10.5. The van der Waals surface area contributed by atoms with E-state index in [0.717, 1.165) is 0 Å². The molecule has 9 heteroatoms. The van der Waals surface area contributed by atoms with Crippen LogP contribution in [0.5, 0.6) is 0 Å². The Hall–Kier alpha value is -2.06. The topological polar surface area (TPSA) is 102 Å². The Balaban J connectivity index is 3.14. The number of hydrazone groups is 1. The minimum atomic E-state index is -0.633. The molecule has 1 aromatic heterocycles. The first-order valence-corrected chi connectivity index (χ1v) is 3.65. The summed E-state index contributed by atoms with van der Waals surface area (Å²) < 4.78 is 1.19. The predicted molar refractivity (Wildman–Crippen MR) is 46.0 cm³/mol. The summed E-state index contributed by atoms with van der Waals surface area (Å²) in [5.41, 5.74) is 0. The van der Waals surface area contributed by atoms with Gasteiger partial charge in [0.1, 0.15) is 0 Å². The highest BCUT2D eigenvalue weighted by molar-refractivity contribution is 5.88. The average molecular weight is 199 g/mol. The van der Waals surface area contributed by atoms with E-state index < -0.39 is 4.92 Å².